The minimum Gasteiger partial charge on any atom is -0.353 e. The van der Waals surface area contributed by atoms with Gasteiger partial charge in [0.2, 0.25) is 5.95 Å². The smallest absolute Gasteiger partial charge is 0.225 e. The predicted octanol–water partition coefficient (Wildman–Crippen LogP) is 2.27. The van der Waals surface area contributed by atoms with Crippen molar-refractivity contribution in [2.24, 2.45) is 5.92 Å². The van der Waals surface area contributed by atoms with Crippen LogP contribution in [0.1, 0.15) is 35.1 Å². The van der Waals surface area contributed by atoms with Crippen LogP contribution in [0, 0.1) is 12.8 Å². The van der Waals surface area contributed by atoms with E-state index in [-0.39, 0.29) is 5.78 Å². The van der Waals surface area contributed by atoms with Gasteiger partial charge >= 0.3 is 0 Å². The summed E-state index contributed by atoms with van der Waals surface area (Å²) in [6, 6.07) is 6.00. The second-order valence-corrected chi connectivity index (χ2v) is 7.03. The molecule has 6 heteroatoms. The minimum absolute atomic E-state index is 0.192. The number of aryl methyl sites for hydroxylation is 1. The summed E-state index contributed by atoms with van der Waals surface area (Å²) in [4.78, 5) is 30.6. The van der Waals surface area contributed by atoms with E-state index < -0.39 is 0 Å². The molecule has 4 rings (SSSR count). The number of carbonyl (C=O) groups is 1. The summed E-state index contributed by atoms with van der Waals surface area (Å²) in [5.74, 6) is 2.34. The van der Waals surface area contributed by atoms with Gasteiger partial charge in [-0.15, -0.1) is 0 Å². The first kappa shape index (κ1) is 16.0. The molecule has 1 aliphatic carbocycles. The summed E-state index contributed by atoms with van der Waals surface area (Å²) >= 11 is 0. The maximum absolute atomic E-state index is 12.3. The Kier molecular flexibility index (Phi) is 4.11. The Morgan fingerprint density at radius 3 is 2.52 bits per heavy atom. The van der Waals surface area contributed by atoms with E-state index in [2.05, 4.69) is 26.7 Å². The van der Waals surface area contributed by atoms with Gasteiger partial charge in [0, 0.05) is 38.8 Å². The molecule has 2 aromatic rings. The molecule has 130 valence electrons. The molecule has 0 amide bonds. The summed E-state index contributed by atoms with van der Waals surface area (Å²) < 4.78 is 0. The number of rotatable bonds is 2. The van der Waals surface area contributed by atoms with Gasteiger partial charge in [0.25, 0.3) is 0 Å². The van der Waals surface area contributed by atoms with Crippen molar-refractivity contribution in [2.75, 3.05) is 36.0 Å². The van der Waals surface area contributed by atoms with E-state index >= 15 is 0 Å². The first-order chi connectivity index (χ1) is 12.1. The highest BCUT2D eigenvalue weighted by molar-refractivity contribution is 5.99. The van der Waals surface area contributed by atoms with Crippen LogP contribution in [0.15, 0.2) is 24.4 Å². The molecule has 1 fully saturated rings. The Morgan fingerprint density at radius 1 is 1.04 bits per heavy atom. The molecule has 1 unspecified atom stereocenters. The molecule has 2 aliphatic rings. The number of anilines is 2. The molecule has 1 atom stereocenters. The van der Waals surface area contributed by atoms with Gasteiger partial charge in [-0.05, 0) is 31.4 Å². The number of fused-ring (bicyclic) bond motifs is 1. The molecule has 1 aliphatic heterocycles. The fraction of sp³-hybridized carbons (Fsp3) is 0.474. The predicted molar refractivity (Wildman–Crippen MR) is 97.2 cm³/mol. The Hall–Kier alpha value is -2.50. The first-order valence-electron chi connectivity index (χ1n) is 8.93. The van der Waals surface area contributed by atoms with Crippen LogP contribution in [0.4, 0.5) is 11.8 Å². The molecule has 0 saturated carbocycles. The second-order valence-electron chi connectivity index (χ2n) is 7.03. The van der Waals surface area contributed by atoms with E-state index in [0.717, 1.165) is 61.3 Å². The SMILES string of the molecule is Cc1nc(N2CCN(c3ccccn3)CC2)nc2c1C(=O)CC(C)C2. The lowest BCUT2D eigenvalue weighted by Gasteiger charge is -2.36. The van der Waals surface area contributed by atoms with Crippen LogP contribution < -0.4 is 9.80 Å². The fourth-order valence-corrected chi connectivity index (χ4v) is 3.77. The summed E-state index contributed by atoms with van der Waals surface area (Å²) in [5, 5.41) is 0. The molecule has 0 bridgehead atoms. The zero-order valence-corrected chi connectivity index (χ0v) is 14.8. The average molecular weight is 337 g/mol. The lowest BCUT2D eigenvalue weighted by Crippen LogP contribution is -2.47. The van der Waals surface area contributed by atoms with Crippen molar-refractivity contribution in [1.82, 2.24) is 15.0 Å². The summed E-state index contributed by atoms with van der Waals surface area (Å²) in [6.07, 6.45) is 3.31. The van der Waals surface area contributed by atoms with Crippen LogP contribution in [0.2, 0.25) is 0 Å². The van der Waals surface area contributed by atoms with Crippen molar-refractivity contribution >= 4 is 17.5 Å². The topological polar surface area (TPSA) is 62.2 Å². The van der Waals surface area contributed by atoms with Crippen LogP contribution >= 0.6 is 0 Å². The van der Waals surface area contributed by atoms with E-state index in [4.69, 9.17) is 4.98 Å². The number of hydrogen-bond donors (Lipinski definition) is 0. The van der Waals surface area contributed by atoms with Gasteiger partial charge < -0.3 is 9.80 Å². The lowest BCUT2D eigenvalue weighted by atomic mass is 9.86. The third kappa shape index (κ3) is 3.08. The molecule has 25 heavy (non-hydrogen) atoms. The Bertz CT molecular complexity index is 784. The van der Waals surface area contributed by atoms with Crippen molar-refractivity contribution < 1.29 is 4.79 Å². The van der Waals surface area contributed by atoms with E-state index in [1.54, 1.807) is 0 Å². The fourth-order valence-electron chi connectivity index (χ4n) is 3.77. The number of hydrogen-bond acceptors (Lipinski definition) is 6. The second kappa shape index (κ2) is 6.43. The van der Waals surface area contributed by atoms with Gasteiger partial charge in [-0.3, -0.25) is 4.79 Å². The summed E-state index contributed by atoms with van der Waals surface area (Å²) in [6.45, 7) is 7.56. The lowest BCUT2D eigenvalue weighted by molar-refractivity contribution is 0.0951. The minimum atomic E-state index is 0.192. The number of nitrogens with zero attached hydrogens (tertiary/aromatic N) is 5. The highest BCUT2D eigenvalue weighted by atomic mass is 16.1. The molecule has 0 aromatic carbocycles. The van der Waals surface area contributed by atoms with Crippen LogP contribution in [0.25, 0.3) is 0 Å². The first-order valence-corrected chi connectivity index (χ1v) is 8.93. The number of piperazine rings is 1. The normalized spacial score (nSPS) is 20.6. The molecule has 1 saturated heterocycles. The van der Waals surface area contributed by atoms with Gasteiger partial charge in [0.05, 0.1) is 17.0 Å². The third-order valence-corrected chi connectivity index (χ3v) is 5.04. The molecule has 6 nitrogen and oxygen atoms in total. The average Bonchev–Trinajstić information content (AvgIpc) is 2.61. The van der Waals surface area contributed by atoms with E-state index in [1.165, 1.54) is 0 Å². The van der Waals surface area contributed by atoms with Crippen molar-refractivity contribution in [3.05, 3.63) is 41.3 Å². The molecular weight excluding hydrogens is 314 g/mol. The molecule has 0 radical (unpaired) electrons. The maximum atomic E-state index is 12.3. The molecular formula is C19H23N5O. The Labute approximate surface area is 147 Å². The van der Waals surface area contributed by atoms with Gasteiger partial charge in [-0.25, -0.2) is 15.0 Å². The number of aromatic nitrogens is 3. The monoisotopic (exact) mass is 337 g/mol. The zero-order valence-electron chi connectivity index (χ0n) is 14.8. The number of pyridine rings is 1. The van der Waals surface area contributed by atoms with Crippen molar-refractivity contribution in [1.29, 1.82) is 0 Å². The van der Waals surface area contributed by atoms with E-state index in [0.29, 0.717) is 12.3 Å². The van der Waals surface area contributed by atoms with Gasteiger partial charge in [-0.1, -0.05) is 13.0 Å². The van der Waals surface area contributed by atoms with Crippen LogP contribution in [0.3, 0.4) is 0 Å². The number of Topliss-reactive ketones (excluding diaryl/α,β-unsaturated/α-hetero) is 1. The van der Waals surface area contributed by atoms with Gasteiger partial charge in [0.1, 0.15) is 5.82 Å². The number of carbonyl (C=O) groups excluding carboxylic acids is 1. The molecule has 0 spiro atoms. The Balaban J connectivity index is 1.53. The van der Waals surface area contributed by atoms with Gasteiger partial charge in [0.15, 0.2) is 5.78 Å². The van der Waals surface area contributed by atoms with Crippen LogP contribution in [0.5, 0.6) is 0 Å². The maximum Gasteiger partial charge on any atom is 0.225 e. The highest BCUT2D eigenvalue weighted by Gasteiger charge is 2.28. The third-order valence-electron chi connectivity index (χ3n) is 5.04. The molecule has 0 N–H and O–H groups in total. The number of ketones is 1. The standard InChI is InChI=1S/C19H23N5O/c1-13-11-15-18(16(25)12-13)14(2)21-19(22-15)24-9-7-23(8-10-24)17-5-3-4-6-20-17/h3-6,13H,7-12H2,1-2H3. The summed E-state index contributed by atoms with van der Waals surface area (Å²) in [7, 11) is 0. The van der Waals surface area contributed by atoms with Crippen molar-refractivity contribution in [2.45, 2.75) is 26.7 Å². The van der Waals surface area contributed by atoms with Crippen molar-refractivity contribution in [3.63, 3.8) is 0 Å². The van der Waals surface area contributed by atoms with E-state index in [1.807, 2.05) is 31.3 Å². The van der Waals surface area contributed by atoms with Crippen LogP contribution in [-0.2, 0) is 6.42 Å². The highest BCUT2D eigenvalue weighted by Crippen LogP contribution is 2.27. The molecule has 3 heterocycles. The van der Waals surface area contributed by atoms with E-state index in [9.17, 15) is 4.79 Å². The molecule has 2 aromatic heterocycles. The van der Waals surface area contributed by atoms with Gasteiger partial charge in [-0.2, -0.15) is 0 Å². The van der Waals surface area contributed by atoms with Crippen LogP contribution in [-0.4, -0.2) is 46.9 Å². The zero-order chi connectivity index (χ0) is 17.4. The Morgan fingerprint density at radius 2 is 1.80 bits per heavy atom. The quantitative estimate of drug-likeness (QED) is 0.838. The van der Waals surface area contributed by atoms with Crippen molar-refractivity contribution in [3.8, 4) is 0 Å². The summed E-state index contributed by atoms with van der Waals surface area (Å²) in [5.41, 5.74) is 2.51. The largest absolute Gasteiger partial charge is 0.353 e.